The number of hydrogen-bond acceptors (Lipinski definition) is 5. The zero-order valence-corrected chi connectivity index (χ0v) is 19.5. The van der Waals surface area contributed by atoms with Gasteiger partial charge in [-0.1, -0.05) is 6.07 Å². The monoisotopic (exact) mass is 512 g/mol. The molecule has 2 aromatic heterocycles. The van der Waals surface area contributed by atoms with E-state index in [1.165, 1.54) is 19.2 Å². The van der Waals surface area contributed by atoms with E-state index in [0.29, 0.717) is 37.4 Å². The van der Waals surface area contributed by atoms with Gasteiger partial charge in [0.15, 0.2) is 5.01 Å². The first-order valence-corrected chi connectivity index (χ1v) is 11.6. The third-order valence-corrected chi connectivity index (χ3v) is 6.96. The molecular weight excluding hydrogens is 491 g/mol. The van der Waals surface area contributed by atoms with E-state index in [4.69, 9.17) is 14.2 Å². The highest BCUT2D eigenvalue weighted by molar-refractivity contribution is 9.09. The normalized spacial score (nSPS) is 16.6. The quantitative estimate of drug-likeness (QED) is 0.267. The van der Waals surface area contributed by atoms with Crippen molar-refractivity contribution in [3.05, 3.63) is 77.9 Å². The molecule has 5 rings (SSSR count). The molecule has 0 spiro atoms. The second-order valence-corrected chi connectivity index (χ2v) is 8.93. The Hall–Kier alpha value is -2.97. The highest BCUT2D eigenvalue weighted by Gasteiger charge is 2.43. The van der Waals surface area contributed by atoms with Gasteiger partial charge < -0.3 is 14.2 Å². The predicted octanol–water partition coefficient (Wildman–Crippen LogP) is 5.32. The van der Waals surface area contributed by atoms with E-state index >= 15 is 0 Å². The van der Waals surface area contributed by atoms with Crippen LogP contribution in [0.5, 0.6) is 5.75 Å². The average Bonchev–Trinajstić information content (AvgIpc) is 3.32. The minimum absolute atomic E-state index is 0.326. The minimum Gasteiger partial charge on any atom is -0.474 e. The number of hydrogen-bond donors (Lipinski definition) is 0. The second kappa shape index (κ2) is 8.76. The molecule has 4 aromatic rings. The molecule has 1 unspecified atom stereocenters. The third kappa shape index (κ3) is 3.98. The van der Waals surface area contributed by atoms with Crippen LogP contribution in [0.25, 0.3) is 16.6 Å². The number of pyridine rings is 1. The Morgan fingerprint density at radius 3 is 2.79 bits per heavy atom. The van der Waals surface area contributed by atoms with Crippen molar-refractivity contribution in [2.45, 2.75) is 23.3 Å². The van der Waals surface area contributed by atoms with Gasteiger partial charge in [-0.15, -0.1) is 0 Å². The number of rotatable bonds is 5. The summed E-state index contributed by atoms with van der Waals surface area (Å²) in [7, 11) is 1.35. The van der Waals surface area contributed by atoms with E-state index in [9.17, 15) is 9.18 Å². The molecule has 33 heavy (non-hydrogen) atoms. The van der Waals surface area contributed by atoms with Crippen molar-refractivity contribution in [3.8, 4) is 5.75 Å². The van der Waals surface area contributed by atoms with Crippen LogP contribution in [0.2, 0.25) is 0 Å². The summed E-state index contributed by atoms with van der Waals surface area (Å²) in [6.07, 6.45) is 4.53. The number of carbonyl (C=O) groups is 1. The number of carbonyl (C=O) groups excluding carboxylic acids is 1. The van der Waals surface area contributed by atoms with Crippen molar-refractivity contribution in [1.82, 2.24) is 9.38 Å². The van der Waals surface area contributed by atoms with Crippen LogP contribution in [0, 0.1) is 5.82 Å². The molecule has 6 nitrogen and oxygen atoms in total. The number of imidazole rings is 1. The zero-order valence-electron chi connectivity index (χ0n) is 18.0. The molecule has 3 heterocycles. The van der Waals surface area contributed by atoms with Crippen molar-refractivity contribution in [2.75, 3.05) is 20.3 Å². The molecule has 0 bridgehead atoms. The van der Waals surface area contributed by atoms with Crippen molar-refractivity contribution in [2.24, 2.45) is 0 Å². The Balaban J connectivity index is 1.46. The number of esters is 1. The van der Waals surface area contributed by atoms with Gasteiger partial charge >= 0.3 is 5.97 Å². The van der Waals surface area contributed by atoms with Crippen LogP contribution in [-0.4, -0.2) is 35.7 Å². The van der Waals surface area contributed by atoms with Gasteiger partial charge in [-0.3, -0.25) is 9.20 Å². The average molecular weight is 513 g/mol. The summed E-state index contributed by atoms with van der Waals surface area (Å²) >= 11 is 3.58. The minimum atomic E-state index is -0.950. The molecule has 1 aliphatic rings. The first kappa shape index (κ1) is 21.9. The second-order valence-electron chi connectivity index (χ2n) is 8.10. The maximum Gasteiger partial charge on any atom is 0.316 e. The Kier molecular flexibility index (Phi) is 5.80. The van der Waals surface area contributed by atoms with Gasteiger partial charge in [0.05, 0.1) is 18.0 Å². The van der Waals surface area contributed by atoms with Crippen molar-refractivity contribution in [1.29, 1.82) is 0 Å². The maximum atomic E-state index is 14.6. The van der Waals surface area contributed by atoms with Gasteiger partial charge in [-0.05, 0) is 76.1 Å². The predicted molar refractivity (Wildman–Crippen MR) is 125 cm³/mol. The van der Waals surface area contributed by atoms with Crippen molar-refractivity contribution in [3.63, 3.8) is 0 Å². The van der Waals surface area contributed by atoms with Gasteiger partial charge in [0.1, 0.15) is 17.2 Å². The number of benzene rings is 2. The summed E-state index contributed by atoms with van der Waals surface area (Å²) in [6.45, 7) is 0.814. The highest BCUT2D eigenvalue weighted by Crippen LogP contribution is 2.39. The largest absolute Gasteiger partial charge is 0.474 e. The van der Waals surface area contributed by atoms with Gasteiger partial charge in [-0.25, -0.2) is 9.37 Å². The Labute approximate surface area is 198 Å². The summed E-state index contributed by atoms with van der Waals surface area (Å²) in [5.74, 6) is -0.539. The number of nitrogens with zero attached hydrogens (tertiary/aromatic N) is 2. The molecule has 0 aliphatic carbocycles. The number of halogens is 2. The van der Waals surface area contributed by atoms with E-state index in [1.54, 1.807) is 12.3 Å². The van der Waals surface area contributed by atoms with E-state index in [1.807, 2.05) is 40.9 Å². The lowest BCUT2D eigenvalue weighted by Gasteiger charge is -2.35. The SMILES string of the molecule is COC(=O)C1(c2cc(F)cc(OC(Br)c3ccc4c(ccc5nccn54)c3)c2)CCOCC1. The molecule has 8 heteroatoms. The van der Waals surface area contributed by atoms with Crippen molar-refractivity contribution >= 4 is 38.4 Å². The van der Waals surface area contributed by atoms with Crippen LogP contribution in [0.15, 0.2) is 60.9 Å². The van der Waals surface area contributed by atoms with E-state index < -0.39 is 22.2 Å². The molecule has 0 radical (unpaired) electrons. The fourth-order valence-corrected chi connectivity index (χ4v) is 4.99. The molecular formula is C25H22BrFN2O4. The first-order valence-electron chi connectivity index (χ1n) is 10.6. The lowest BCUT2D eigenvalue weighted by atomic mass is 9.74. The van der Waals surface area contributed by atoms with Crippen LogP contribution in [0.3, 0.4) is 0 Å². The van der Waals surface area contributed by atoms with E-state index in [-0.39, 0.29) is 0 Å². The molecule has 0 saturated carbocycles. The van der Waals surface area contributed by atoms with Crippen LogP contribution < -0.4 is 4.74 Å². The van der Waals surface area contributed by atoms with Gasteiger partial charge in [-0.2, -0.15) is 0 Å². The molecule has 2 aromatic carbocycles. The van der Waals surface area contributed by atoms with E-state index in [0.717, 1.165) is 22.1 Å². The first-order chi connectivity index (χ1) is 16.0. The fraction of sp³-hybridized carbons (Fsp3) is 0.280. The van der Waals surface area contributed by atoms with Gasteiger partial charge in [0.25, 0.3) is 0 Å². The number of alkyl halides is 1. The number of aromatic nitrogens is 2. The Bertz CT molecular complexity index is 1330. The Morgan fingerprint density at radius 1 is 1.18 bits per heavy atom. The van der Waals surface area contributed by atoms with Gasteiger partial charge in [0, 0.05) is 37.2 Å². The number of ether oxygens (including phenoxy) is 3. The zero-order chi connectivity index (χ0) is 23.0. The van der Waals surface area contributed by atoms with Crippen LogP contribution in [-0.2, 0) is 19.7 Å². The molecule has 0 N–H and O–H groups in total. The molecule has 1 fully saturated rings. The smallest absolute Gasteiger partial charge is 0.316 e. The van der Waals surface area contributed by atoms with Crippen LogP contribution >= 0.6 is 15.9 Å². The van der Waals surface area contributed by atoms with Crippen molar-refractivity contribution < 1.29 is 23.4 Å². The maximum absolute atomic E-state index is 14.6. The lowest BCUT2D eigenvalue weighted by Crippen LogP contribution is -2.42. The third-order valence-electron chi connectivity index (χ3n) is 6.24. The van der Waals surface area contributed by atoms with E-state index in [2.05, 4.69) is 20.9 Å². The summed E-state index contributed by atoms with van der Waals surface area (Å²) in [5, 5.41) is 0.511. The van der Waals surface area contributed by atoms with Crippen LogP contribution in [0.1, 0.15) is 29.0 Å². The molecule has 170 valence electrons. The molecule has 1 saturated heterocycles. The van der Waals surface area contributed by atoms with Crippen LogP contribution in [0.4, 0.5) is 4.39 Å². The summed E-state index contributed by atoms with van der Waals surface area (Å²) in [5.41, 5.74) is 2.37. The summed E-state index contributed by atoms with van der Waals surface area (Å²) < 4.78 is 33.2. The summed E-state index contributed by atoms with van der Waals surface area (Å²) in [4.78, 5) is 17.0. The molecule has 1 atom stereocenters. The summed E-state index contributed by atoms with van der Waals surface area (Å²) in [6, 6.07) is 14.3. The molecule has 1 aliphatic heterocycles. The topological polar surface area (TPSA) is 62.1 Å². The lowest BCUT2D eigenvalue weighted by molar-refractivity contribution is -0.151. The molecule has 0 amide bonds. The number of fused-ring (bicyclic) bond motifs is 3. The standard InChI is InChI=1S/C25H22BrFN2O4/c1-31-24(30)25(6-10-32-11-7-25)18-13-19(27)15-20(14-18)33-23(26)17-2-4-21-16(12-17)3-5-22-28-8-9-29(21)22/h2-5,8-9,12-15,23H,6-7,10-11H2,1H3. The number of methoxy groups -OCH3 is 1. The highest BCUT2D eigenvalue weighted by atomic mass is 79.9. The Morgan fingerprint density at radius 2 is 2.00 bits per heavy atom. The fourth-order valence-electron chi connectivity index (χ4n) is 4.49. The van der Waals surface area contributed by atoms with Gasteiger partial charge in [0.2, 0.25) is 0 Å².